The molecule has 0 fully saturated rings. The summed E-state index contributed by atoms with van der Waals surface area (Å²) in [6.07, 6.45) is 0. The van der Waals surface area contributed by atoms with Gasteiger partial charge in [0.1, 0.15) is 5.82 Å². The van der Waals surface area contributed by atoms with Crippen molar-refractivity contribution in [2.75, 3.05) is 15.8 Å². The molecule has 0 aromatic heterocycles. The van der Waals surface area contributed by atoms with Gasteiger partial charge in [-0.25, -0.2) is 12.8 Å². The van der Waals surface area contributed by atoms with E-state index in [2.05, 4.69) is 10.0 Å². The molecule has 0 bridgehead atoms. The van der Waals surface area contributed by atoms with Gasteiger partial charge in [0, 0.05) is 22.0 Å². The monoisotopic (exact) mass is 492 g/mol. The van der Waals surface area contributed by atoms with Crippen LogP contribution in [0.25, 0.3) is 0 Å². The maximum absolute atomic E-state index is 13.8. The molecule has 0 heterocycles. The fourth-order valence-electron chi connectivity index (χ4n) is 3.00. The van der Waals surface area contributed by atoms with Gasteiger partial charge in [-0.3, -0.25) is 9.52 Å². The number of thioether (sulfide) groups is 1. The van der Waals surface area contributed by atoms with E-state index in [4.69, 9.17) is 11.6 Å². The molecule has 1 amide bonds. The molecule has 3 aromatic carbocycles. The second kappa shape index (κ2) is 10.4. The molecule has 0 aliphatic carbocycles. The zero-order valence-electron chi connectivity index (χ0n) is 17.5. The van der Waals surface area contributed by atoms with Crippen molar-refractivity contribution in [2.24, 2.45) is 0 Å². The van der Waals surface area contributed by atoms with E-state index in [1.165, 1.54) is 48.2 Å². The van der Waals surface area contributed by atoms with Gasteiger partial charge in [-0.15, -0.1) is 11.8 Å². The maximum atomic E-state index is 13.8. The average molecular weight is 493 g/mol. The SMILES string of the molecule is Cc1cccc(C)c1NS(=O)(=O)c1ccc(NC(=O)CSCc2c(F)cccc2Cl)cc1. The van der Waals surface area contributed by atoms with Gasteiger partial charge < -0.3 is 5.32 Å². The van der Waals surface area contributed by atoms with Gasteiger partial charge in [-0.1, -0.05) is 35.9 Å². The highest BCUT2D eigenvalue weighted by Gasteiger charge is 2.17. The summed E-state index contributed by atoms with van der Waals surface area (Å²) in [5.41, 5.74) is 3.03. The zero-order valence-corrected chi connectivity index (χ0v) is 19.9. The molecule has 3 aromatic rings. The standard InChI is InChI=1S/C23H22ClFN2O3S2/c1-15-5-3-6-16(2)23(15)27-32(29,30)18-11-9-17(10-12-18)26-22(28)14-31-13-19-20(24)7-4-8-21(19)25/h3-12,27H,13-14H2,1-2H3,(H,26,28). The number of nitrogens with one attached hydrogen (secondary N) is 2. The van der Waals surface area contributed by atoms with Crippen molar-refractivity contribution in [1.82, 2.24) is 0 Å². The molecular weight excluding hydrogens is 471 g/mol. The number of sulfonamides is 1. The second-order valence-electron chi connectivity index (χ2n) is 7.14. The van der Waals surface area contributed by atoms with Crippen molar-refractivity contribution < 1.29 is 17.6 Å². The number of hydrogen-bond donors (Lipinski definition) is 2. The van der Waals surface area contributed by atoms with Crippen molar-refractivity contribution in [1.29, 1.82) is 0 Å². The van der Waals surface area contributed by atoms with E-state index in [1.807, 2.05) is 32.0 Å². The number of aryl methyl sites for hydroxylation is 2. The number of para-hydroxylation sites is 1. The van der Waals surface area contributed by atoms with Crippen LogP contribution in [0, 0.1) is 19.7 Å². The molecule has 0 saturated carbocycles. The Kier molecular flexibility index (Phi) is 7.82. The summed E-state index contributed by atoms with van der Waals surface area (Å²) >= 11 is 7.22. The average Bonchev–Trinajstić information content (AvgIpc) is 2.73. The van der Waals surface area contributed by atoms with Crippen molar-refractivity contribution in [3.63, 3.8) is 0 Å². The van der Waals surface area contributed by atoms with Gasteiger partial charge >= 0.3 is 0 Å². The fourth-order valence-corrected chi connectivity index (χ4v) is 5.37. The summed E-state index contributed by atoms with van der Waals surface area (Å²) in [6, 6.07) is 15.9. The Morgan fingerprint density at radius 1 is 1.00 bits per heavy atom. The van der Waals surface area contributed by atoms with Crippen LogP contribution in [0.5, 0.6) is 0 Å². The molecule has 168 valence electrons. The Hall–Kier alpha value is -2.55. The quantitative estimate of drug-likeness (QED) is 0.418. The van der Waals surface area contributed by atoms with Crippen molar-refractivity contribution in [3.05, 3.63) is 88.2 Å². The number of anilines is 2. The number of hydrogen-bond acceptors (Lipinski definition) is 4. The van der Waals surface area contributed by atoms with Crippen LogP contribution < -0.4 is 10.0 Å². The third-order valence-electron chi connectivity index (χ3n) is 4.71. The Balaban J connectivity index is 1.58. The normalized spacial score (nSPS) is 11.2. The molecule has 0 spiro atoms. The summed E-state index contributed by atoms with van der Waals surface area (Å²) in [6.45, 7) is 3.67. The van der Waals surface area contributed by atoms with Crippen LogP contribution in [-0.2, 0) is 20.6 Å². The summed E-state index contributed by atoms with van der Waals surface area (Å²) in [5.74, 6) is -0.331. The Morgan fingerprint density at radius 3 is 2.25 bits per heavy atom. The van der Waals surface area contributed by atoms with E-state index in [-0.39, 0.29) is 22.3 Å². The molecule has 3 rings (SSSR count). The first-order valence-corrected chi connectivity index (χ1v) is 12.7. The lowest BCUT2D eigenvalue weighted by Gasteiger charge is -2.13. The van der Waals surface area contributed by atoms with E-state index < -0.39 is 15.8 Å². The van der Waals surface area contributed by atoms with Crippen molar-refractivity contribution in [3.8, 4) is 0 Å². The number of rotatable bonds is 8. The number of amides is 1. The third-order valence-corrected chi connectivity index (χ3v) is 7.39. The minimum atomic E-state index is -3.77. The fraction of sp³-hybridized carbons (Fsp3) is 0.174. The predicted octanol–water partition coefficient (Wildman–Crippen LogP) is 5.77. The molecule has 5 nitrogen and oxygen atoms in total. The Labute approximate surface area is 196 Å². The maximum Gasteiger partial charge on any atom is 0.261 e. The van der Waals surface area contributed by atoms with Gasteiger partial charge in [-0.05, 0) is 61.4 Å². The lowest BCUT2D eigenvalue weighted by molar-refractivity contribution is -0.113. The third kappa shape index (κ3) is 6.03. The second-order valence-corrected chi connectivity index (χ2v) is 10.2. The molecular formula is C23H22ClFN2O3S2. The molecule has 2 N–H and O–H groups in total. The predicted molar refractivity (Wildman–Crippen MR) is 129 cm³/mol. The smallest absolute Gasteiger partial charge is 0.261 e. The topological polar surface area (TPSA) is 75.3 Å². The van der Waals surface area contributed by atoms with Crippen LogP contribution in [0.3, 0.4) is 0 Å². The first-order chi connectivity index (χ1) is 15.2. The van der Waals surface area contributed by atoms with E-state index in [0.29, 0.717) is 22.0 Å². The number of carbonyl (C=O) groups is 1. The molecule has 0 radical (unpaired) electrons. The summed E-state index contributed by atoms with van der Waals surface area (Å²) < 4.78 is 41.9. The van der Waals surface area contributed by atoms with E-state index in [9.17, 15) is 17.6 Å². The lowest BCUT2D eigenvalue weighted by Crippen LogP contribution is -2.16. The Bertz CT molecular complexity index is 1190. The minimum Gasteiger partial charge on any atom is -0.325 e. The van der Waals surface area contributed by atoms with Crippen LogP contribution in [0.15, 0.2) is 65.6 Å². The zero-order chi connectivity index (χ0) is 23.3. The van der Waals surface area contributed by atoms with Gasteiger partial charge in [0.25, 0.3) is 10.0 Å². The van der Waals surface area contributed by atoms with E-state index in [0.717, 1.165) is 11.1 Å². The Morgan fingerprint density at radius 2 is 1.62 bits per heavy atom. The first kappa shape index (κ1) is 24.1. The molecule has 0 saturated heterocycles. The van der Waals surface area contributed by atoms with Crippen LogP contribution in [-0.4, -0.2) is 20.1 Å². The summed E-state index contributed by atoms with van der Waals surface area (Å²) in [4.78, 5) is 12.3. The highest BCUT2D eigenvalue weighted by molar-refractivity contribution is 7.99. The highest BCUT2D eigenvalue weighted by Crippen LogP contribution is 2.25. The van der Waals surface area contributed by atoms with Crippen LogP contribution >= 0.6 is 23.4 Å². The first-order valence-electron chi connectivity index (χ1n) is 9.67. The summed E-state index contributed by atoms with van der Waals surface area (Å²) in [7, 11) is -3.77. The number of benzene rings is 3. The molecule has 0 atom stereocenters. The largest absolute Gasteiger partial charge is 0.325 e. The van der Waals surface area contributed by atoms with Crippen LogP contribution in [0.2, 0.25) is 5.02 Å². The molecule has 9 heteroatoms. The lowest BCUT2D eigenvalue weighted by atomic mass is 10.1. The summed E-state index contributed by atoms with van der Waals surface area (Å²) in [5, 5.41) is 3.03. The van der Waals surface area contributed by atoms with E-state index >= 15 is 0 Å². The molecule has 32 heavy (non-hydrogen) atoms. The van der Waals surface area contributed by atoms with E-state index in [1.54, 1.807) is 6.07 Å². The van der Waals surface area contributed by atoms with Crippen LogP contribution in [0.4, 0.5) is 15.8 Å². The molecule has 0 aliphatic heterocycles. The minimum absolute atomic E-state index is 0.0849. The van der Waals surface area contributed by atoms with Gasteiger partial charge in [0.05, 0.1) is 16.3 Å². The molecule has 0 aliphatic rings. The van der Waals surface area contributed by atoms with Gasteiger partial charge in [0.2, 0.25) is 5.91 Å². The van der Waals surface area contributed by atoms with Crippen molar-refractivity contribution in [2.45, 2.75) is 24.5 Å². The van der Waals surface area contributed by atoms with Gasteiger partial charge in [-0.2, -0.15) is 0 Å². The number of halogens is 2. The molecule has 0 unspecified atom stereocenters. The van der Waals surface area contributed by atoms with Gasteiger partial charge in [0.15, 0.2) is 0 Å². The highest BCUT2D eigenvalue weighted by atomic mass is 35.5. The van der Waals surface area contributed by atoms with Crippen LogP contribution in [0.1, 0.15) is 16.7 Å². The number of carbonyl (C=O) groups excluding carboxylic acids is 1. The van der Waals surface area contributed by atoms with Crippen molar-refractivity contribution >= 4 is 50.7 Å².